The van der Waals surface area contributed by atoms with Crippen molar-refractivity contribution in [1.29, 1.82) is 0 Å². The van der Waals surface area contributed by atoms with E-state index in [-0.39, 0.29) is 37.0 Å². The van der Waals surface area contributed by atoms with E-state index in [1.165, 1.54) is 55.6 Å². The van der Waals surface area contributed by atoms with Gasteiger partial charge in [-0.05, 0) is 45.9 Å². The minimum Gasteiger partial charge on any atom is -0.266 e. The van der Waals surface area contributed by atoms with Gasteiger partial charge in [-0.1, -0.05) is 96.9 Å². The average molecular weight is 538 g/mol. The van der Waals surface area contributed by atoms with E-state index in [1.54, 1.807) is 0 Å². The monoisotopic (exact) mass is 536 g/mol. The van der Waals surface area contributed by atoms with Crippen molar-refractivity contribution >= 4 is 12.2 Å². The molecule has 3 aromatic carbocycles. The van der Waals surface area contributed by atoms with Crippen molar-refractivity contribution in [2.24, 2.45) is 0 Å². The number of allylic oxidation sites excluding steroid dienone is 2. The Bertz CT molecular complexity index is 1250. The van der Waals surface area contributed by atoms with Gasteiger partial charge in [-0.25, -0.2) is 12.1 Å². The summed E-state index contributed by atoms with van der Waals surface area (Å²) in [7, 11) is 0. The summed E-state index contributed by atoms with van der Waals surface area (Å²) < 4.78 is 0. The van der Waals surface area contributed by atoms with E-state index < -0.39 is 0 Å². The Hall–Kier alpha value is -1.85. The number of rotatable bonds is 1. The van der Waals surface area contributed by atoms with Gasteiger partial charge in [-0.3, -0.25) is 6.08 Å². The zero-order chi connectivity index (χ0) is 24.5. The molecule has 0 unspecified atom stereocenters. The second-order valence-electron chi connectivity index (χ2n) is 12.5. The molecule has 0 spiro atoms. The number of aryl methyl sites for hydroxylation is 1. The molecule has 3 aromatic rings. The van der Waals surface area contributed by atoms with E-state index in [0.717, 1.165) is 12.8 Å². The van der Waals surface area contributed by atoms with Crippen molar-refractivity contribution < 1.29 is 26.2 Å². The first kappa shape index (κ1) is 26.2. The summed E-state index contributed by atoms with van der Waals surface area (Å²) in [4.78, 5) is 0. The summed E-state index contributed by atoms with van der Waals surface area (Å²) in [5.74, 6) is 0. The van der Waals surface area contributed by atoms with E-state index in [0.29, 0.717) is 5.41 Å². The van der Waals surface area contributed by atoms with Gasteiger partial charge in [0.15, 0.2) is 0 Å². The first-order valence-electron chi connectivity index (χ1n) is 12.8. The molecule has 0 amide bonds. The first-order chi connectivity index (χ1) is 15.9. The van der Waals surface area contributed by atoms with Crippen LogP contribution < -0.4 is 0 Å². The first-order valence-corrected chi connectivity index (χ1v) is 12.8. The van der Waals surface area contributed by atoms with Gasteiger partial charge in [0.1, 0.15) is 0 Å². The van der Waals surface area contributed by atoms with Crippen molar-refractivity contribution in [2.75, 3.05) is 0 Å². The molecule has 0 nitrogen and oxygen atoms in total. The third-order valence-corrected chi connectivity index (χ3v) is 7.95. The zero-order valence-corrected chi connectivity index (χ0v) is 25.1. The zero-order valence-electron chi connectivity index (χ0n) is 22.7. The molecule has 0 saturated carbocycles. The van der Waals surface area contributed by atoms with Crippen LogP contribution in [-0.2, 0) is 55.3 Å². The van der Waals surface area contributed by atoms with Crippen LogP contribution in [0.25, 0.3) is 23.3 Å². The SMILES string of the molecule is CC1(C)[C-]=Cc2cc3c(cc21)Cc1cc2c(cc1-3)C=CC2(C)C.CCc1cc(C(C)(C)C)c[cH-]1.[Zr+2]. The van der Waals surface area contributed by atoms with Gasteiger partial charge in [-0.2, -0.15) is 28.8 Å². The Morgan fingerprint density at radius 1 is 0.886 bits per heavy atom. The minimum absolute atomic E-state index is 0. The number of fused-ring (bicyclic) bond motifs is 5. The van der Waals surface area contributed by atoms with Gasteiger partial charge < -0.3 is 0 Å². The van der Waals surface area contributed by atoms with Crippen molar-refractivity contribution in [2.45, 2.75) is 84.5 Å². The Morgan fingerprint density at radius 3 is 2.09 bits per heavy atom. The van der Waals surface area contributed by atoms with Crippen LogP contribution >= 0.6 is 0 Å². The molecule has 0 atom stereocenters. The fourth-order valence-corrected chi connectivity index (χ4v) is 5.58. The van der Waals surface area contributed by atoms with E-state index in [9.17, 15) is 0 Å². The predicted molar refractivity (Wildman–Crippen MR) is 148 cm³/mol. The van der Waals surface area contributed by atoms with Gasteiger partial charge in [0.25, 0.3) is 0 Å². The Balaban J connectivity index is 0.000000206. The summed E-state index contributed by atoms with van der Waals surface area (Å²) in [5, 5.41) is 0. The van der Waals surface area contributed by atoms with E-state index in [4.69, 9.17) is 0 Å². The molecular formula is C34H38Zr. The summed E-state index contributed by atoms with van der Waals surface area (Å²) in [5.41, 5.74) is 14.9. The molecule has 3 aliphatic carbocycles. The third kappa shape index (κ3) is 4.67. The van der Waals surface area contributed by atoms with Crippen molar-refractivity contribution in [3.63, 3.8) is 0 Å². The molecule has 0 N–H and O–H groups in total. The largest absolute Gasteiger partial charge is 2.00 e. The maximum atomic E-state index is 3.50. The molecule has 6 rings (SSSR count). The predicted octanol–water partition coefficient (Wildman–Crippen LogP) is 8.93. The Labute approximate surface area is 232 Å². The maximum absolute atomic E-state index is 3.50. The second-order valence-corrected chi connectivity index (χ2v) is 12.5. The molecule has 0 fully saturated rings. The topological polar surface area (TPSA) is 0 Å². The van der Waals surface area contributed by atoms with Gasteiger partial charge in [0, 0.05) is 5.41 Å². The van der Waals surface area contributed by atoms with Crippen LogP contribution in [0.1, 0.15) is 99.9 Å². The fraction of sp³-hybridized carbons (Fsp3) is 0.382. The summed E-state index contributed by atoms with van der Waals surface area (Å²) in [6, 6.07) is 16.4. The van der Waals surface area contributed by atoms with Gasteiger partial charge in [0.05, 0.1) is 0 Å². The molecule has 3 aliphatic rings. The third-order valence-electron chi connectivity index (χ3n) is 7.95. The molecule has 0 aromatic heterocycles. The molecule has 0 radical (unpaired) electrons. The average Bonchev–Trinajstić information content (AvgIpc) is 3.51. The Kier molecular flexibility index (Phi) is 6.68. The molecule has 35 heavy (non-hydrogen) atoms. The normalized spacial score (nSPS) is 17.1. The number of hydrogen-bond acceptors (Lipinski definition) is 0. The number of hydrogen-bond donors (Lipinski definition) is 0. The van der Waals surface area contributed by atoms with Crippen molar-refractivity contribution in [1.82, 2.24) is 0 Å². The van der Waals surface area contributed by atoms with Crippen molar-refractivity contribution in [3.05, 3.63) is 99.1 Å². The molecule has 178 valence electrons. The molecule has 0 aliphatic heterocycles. The summed E-state index contributed by atoms with van der Waals surface area (Å²) in [6.45, 7) is 18.1. The van der Waals surface area contributed by atoms with Crippen molar-refractivity contribution in [3.8, 4) is 11.1 Å². The van der Waals surface area contributed by atoms with Crippen LogP contribution in [0, 0.1) is 6.08 Å². The van der Waals surface area contributed by atoms with E-state index in [1.807, 2.05) is 0 Å². The van der Waals surface area contributed by atoms with Gasteiger partial charge in [-0.15, -0.1) is 11.6 Å². The van der Waals surface area contributed by atoms with Crippen LogP contribution in [0.15, 0.2) is 48.5 Å². The van der Waals surface area contributed by atoms with Gasteiger partial charge in [0.2, 0.25) is 0 Å². The van der Waals surface area contributed by atoms with E-state index in [2.05, 4.69) is 122 Å². The van der Waals surface area contributed by atoms with Crippen LogP contribution in [0.5, 0.6) is 0 Å². The van der Waals surface area contributed by atoms with Crippen LogP contribution in [0.4, 0.5) is 0 Å². The van der Waals surface area contributed by atoms with Crippen LogP contribution in [-0.4, -0.2) is 0 Å². The van der Waals surface area contributed by atoms with E-state index >= 15 is 0 Å². The maximum Gasteiger partial charge on any atom is 2.00 e. The Morgan fingerprint density at radius 2 is 1.51 bits per heavy atom. The summed E-state index contributed by atoms with van der Waals surface area (Å²) in [6.07, 6.45) is 12.5. The van der Waals surface area contributed by atoms with Crippen LogP contribution in [0.2, 0.25) is 0 Å². The molecule has 0 heterocycles. The van der Waals surface area contributed by atoms with Crippen LogP contribution in [0.3, 0.4) is 0 Å². The summed E-state index contributed by atoms with van der Waals surface area (Å²) >= 11 is 0. The molecular weight excluding hydrogens is 500 g/mol. The fourth-order valence-electron chi connectivity index (χ4n) is 5.58. The molecule has 0 saturated heterocycles. The standard InChI is InChI=1S/C23H21.C11H17.Zr/c1-22(2)7-5-14-10-18-16(12-20(14)22)9-17-13-21-15(11-19(17)18)6-8-23(21,3)4;1-5-9-6-7-10(8-9)11(2,3)4;/h5-7,10-13H,9H2,1-4H3;6-8H,5H2,1-4H3;/q2*-1;+2. The molecule has 1 heteroatoms. The number of benzene rings is 2. The second kappa shape index (κ2) is 8.92. The smallest absolute Gasteiger partial charge is 0.266 e. The molecule has 0 bridgehead atoms. The van der Waals surface area contributed by atoms with Gasteiger partial charge >= 0.3 is 26.2 Å². The quantitative estimate of drug-likeness (QED) is 0.213. The minimum atomic E-state index is 0.